The van der Waals surface area contributed by atoms with Gasteiger partial charge in [0.15, 0.2) is 10.9 Å². The van der Waals surface area contributed by atoms with Gasteiger partial charge in [0.2, 0.25) is 5.82 Å². The lowest BCUT2D eigenvalue weighted by Crippen LogP contribution is -1.99. The monoisotopic (exact) mass is 363 g/mol. The van der Waals surface area contributed by atoms with E-state index in [1.54, 1.807) is 25.1 Å². The van der Waals surface area contributed by atoms with Crippen LogP contribution in [0.1, 0.15) is 5.56 Å². The molecule has 0 aliphatic heterocycles. The summed E-state index contributed by atoms with van der Waals surface area (Å²) in [7, 11) is 1.67. The number of thioether (sulfide) groups is 1. The second kappa shape index (κ2) is 7.49. The standard InChI is InChI=1S/C20H17N3O2S/c1-24-17-11-9-15(10-12-17)14-26-20-22-21-19(18-8-5-13-25-18)23(20)16-6-3-2-4-7-16/h2-13H,14H2,1H3. The summed E-state index contributed by atoms with van der Waals surface area (Å²) in [6.45, 7) is 0. The molecule has 0 N–H and O–H groups in total. The molecule has 26 heavy (non-hydrogen) atoms. The molecular weight excluding hydrogens is 346 g/mol. The first-order chi connectivity index (χ1) is 12.8. The van der Waals surface area contributed by atoms with E-state index in [-0.39, 0.29) is 0 Å². The zero-order valence-corrected chi connectivity index (χ0v) is 15.0. The van der Waals surface area contributed by atoms with Crippen molar-refractivity contribution >= 4 is 11.8 Å². The molecule has 0 amide bonds. The van der Waals surface area contributed by atoms with Gasteiger partial charge in [0.25, 0.3) is 0 Å². The van der Waals surface area contributed by atoms with Crippen LogP contribution in [0.5, 0.6) is 5.75 Å². The molecule has 6 heteroatoms. The normalized spacial score (nSPS) is 10.8. The number of ether oxygens (including phenoxy) is 1. The number of para-hydroxylation sites is 1. The van der Waals surface area contributed by atoms with Gasteiger partial charge in [-0.15, -0.1) is 10.2 Å². The smallest absolute Gasteiger partial charge is 0.205 e. The Balaban J connectivity index is 1.65. The summed E-state index contributed by atoms with van der Waals surface area (Å²) >= 11 is 1.63. The van der Waals surface area contributed by atoms with Gasteiger partial charge in [-0.05, 0) is 42.0 Å². The van der Waals surface area contributed by atoms with E-state index in [9.17, 15) is 0 Å². The van der Waals surface area contributed by atoms with E-state index in [0.29, 0.717) is 11.6 Å². The molecule has 0 unspecified atom stereocenters. The molecule has 2 aromatic carbocycles. The number of rotatable bonds is 6. The molecule has 0 aliphatic carbocycles. The highest BCUT2D eigenvalue weighted by atomic mass is 32.2. The highest BCUT2D eigenvalue weighted by Crippen LogP contribution is 2.30. The molecule has 0 spiro atoms. The third-order valence-corrected chi connectivity index (χ3v) is 4.92. The Kier molecular flexibility index (Phi) is 4.75. The van der Waals surface area contributed by atoms with Crippen LogP contribution in [0, 0.1) is 0 Å². The Morgan fingerprint density at radius 2 is 1.77 bits per heavy atom. The lowest BCUT2D eigenvalue weighted by molar-refractivity contribution is 0.414. The Bertz CT molecular complexity index is 964. The van der Waals surface area contributed by atoms with E-state index in [4.69, 9.17) is 9.15 Å². The minimum absolute atomic E-state index is 0.692. The van der Waals surface area contributed by atoms with Crippen molar-refractivity contribution in [3.8, 4) is 23.0 Å². The van der Waals surface area contributed by atoms with Crippen LogP contribution in [0.2, 0.25) is 0 Å². The van der Waals surface area contributed by atoms with Crippen LogP contribution in [0.4, 0.5) is 0 Å². The number of hydrogen-bond acceptors (Lipinski definition) is 5. The average molecular weight is 363 g/mol. The van der Waals surface area contributed by atoms with E-state index in [1.165, 1.54) is 5.56 Å². The van der Waals surface area contributed by atoms with E-state index in [1.807, 2.05) is 59.2 Å². The number of furan rings is 1. The molecule has 0 bridgehead atoms. The number of methoxy groups -OCH3 is 1. The summed E-state index contributed by atoms with van der Waals surface area (Å²) in [5.74, 6) is 3.02. The summed E-state index contributed by atoms with van der Waals surface area (Å²) in [4.78, 5) is 0. The fourth-order valence-electron chi connectivity index (χ4n) is 2.61. The first-order valence-electron chi connectivity index (χ1n) is 8.15. The van der Waals surface area contributed by atoms with Gasteiger partial charge >= 0.3 is 0 Å². The van der Waals surface area contributed by atoms with Gasteiger partial charge in [-0.2, -0.15) is 0 Å². The summed E-state index contributed by atoms with van der Waals surface area (Å²) in [6.07, 6.45) is 1.64. The van der Waals surface area contributed by atoms with E-state index >= 15 is 0 Å². The van der Waals surface area contributed by atoms with Crippen molar-refractivity contribution in [2.45, 2.75) is 10.9 Å². The van der Waals surface area contributed by atoms with E-state index in [2.05, 4.69) is 22.3 Å². The number of benzene rings is 2. The molecule has 4 rings (SSSR count). The number of aromatic nitrogens is 3. The van der Waals surface area contributed by atoms with Gasteiger partial charge < -0.3 is 9.15 Å². The molecular formula is C20H17N3O2S. The molecule has 130 valence electrons. The third-order valence-electron chi connectivity index (χ3n) is 3.92. The lowest BCUT2D eigenvalue weighted by atomic mass is 10.2. The maximum Gasteiger partial charge on any atom is 0.205 e. The van der Waals surface area contributed by atoms with Crippen molar-refractivity contribution in [1.82, 2.24) is 14.8 Å². The fourth-order valence-corrected chi connectivity index (χ4v) is 3.52. The molecule has 0 atom stereocenters. The molecule has 2 heterocycles. The van der Waals surface area contributed by atoms with Crippen LogP contribution >= 0.6 is 11.8 Å². The first kappa shape index (κ1) is 16.5. The first-order valence-corrected chi connectivity index (χ1v) is 9.14. The quantitative estimate of drug-likeness (QED) is 0.459. The van der Waals surface area contributed by atoms with E-state index < -0.39 is 0 Å². The fraction of sp³-hybridized carbons (Fsp3) is 0.100. The topological polar surface area (TPSA) is 53.1 Å². The van der Waals surface area contributed by atoms with Crippen molar-refractivity contribution in [3.63, 3.8) is 0 Å². The van der Waals surface area contributed by atoms with Crippen molar-refractivity contribution in [2.24, 2.45) is 0 Å². The molecule has 0 radical (unpaired) electrons. The van der Waals surface area contributed by atoms with Crippen molar-refractivity contribution in [1.29, 1.82) is 0 Å². The van der Waals surface area contributed by atoms with Crippen LogP contribution in [-0.4, -0.2) is 21.9 Å². The number of nitrogens with zero attached hydrogens (tertiary/aromatic N) is 3. The van der Waals surface area contributed by atoms with Gasteiger partial charge in [-0.1, -0.05) is 42.1 Å². The van der Waals surface area contributed by atoms with E-state index in [0.717, 1.165) is 22.3 Å². The summed E-state index contributed by atoms with van der Waals surface area (Å²) in [6, 6.07) is 21.8. The van der Waals surface area contributed by atoms with Gasteiger partial charge in [0, 0.05) is 11.4 Å². The van der Waals surface area contributed by atoms with Gasteiger partial charge in [-0.25, -0.2) is 0 Å². The van der Waals surface area contributed by atoms with Gasteiger partial charge in [0.05, 0.1) is 13.4 Å². The van der Waals surface area contributed by atoms with Crippen LogP contribution in [0.15, 0.2) is 82.6 Å². The maximum absolute atomic E-state index is 5.54. The number of hydrogen-bond donors (Lipinski definition) is 0. The van der Waals surface area contributed by atoms with Crippen molar-refractivity contribution in [3.05, 3.63) is 78.6 Å². The largest absolute Gasteiger partial charge is 0.497 e. The molecule has 0 saturated heterocycles. The van der Waals surface area contributed by atoms with Crippen molar-refractivity contribution in [2.75, 3.05) is 7.11 Å². The molecule has 0 fully saturated rings. The molecule has 4 aromatic rings. The Hall–Kier alpha value is -2.99. The third kappa shape index (κ3) is 3.36. The second-order valence-electron chi connectivity index (χ2n) is 5.59. The SMILES string of the molecule is COc1ccc(CSc2nnc(-c3ccco3)n2-c2ccccc2)cc1. The highest BCUT2D eigenvalue weighted by molar-refractivity contribution is 7.98. The second-order valence-corrected chi connectivity index (χ2v) is 6.53. The van der Waals surface area contributed by atoms with Crippen LogP contribution < -0.4 is 4.74 Å². The molecule has 2 aromatic heterocycles. The zero-order chi connectivity index (χ0) is 17.8. The minimum Gasteiger partial charge on any atom is -0.497 e. The Morgan fingerprint density at radius 1 is 0.962 bits per heavy atom. The van der Waals surface area contributed by atoms with Crippen molar-refractivity contribution < 1.29 is 9.15 Å². The van der Waals surface area contributed by atoms with Crippen LogP contribution in [0.3, 0.4) is 0 Å². The Morgan fingerprint density at radius 3 is 2.46 bits per heavy atom. The Labute approximate surface area is 155 Å². The van der Waals surface area contributed by atoms with Crippen LogP contribution in [-0.2, 0) is 5.75 Å². The highest BCUT2D eigenvalue weighted by Gasteiger charge is 2.17. The van der Waals surface area contributed by atoms with Crippen LogP contribution in [0.25, 0.3) is 17.3 Å². The molecule has 0 aliphatic rings. The predicted molar refractivity (Wildman–Crippen MR) is 102 cm³/mol. The molecule has 5 nitrogen and oxygen atoms in total. The summed E-state index contributed by atoms with van der Waals surface area (Å²) in [5.41, 5.74) is 2.19. The predicted octanol–water partition coefficient (Wildman–Crippen LogP) is 4.83. The average Bonchev–Trinajstić information content (AvgIpc) is 3.37. The van der Waals surface area contributed by atoms with Gasteiger partial charge in [-0.3, -0.25) is 4.57 Å². The summed E-state index contributed by atoms with van der Waals surface area (Å²) in [5, 5.41) is 9.56. The maximum atomic E-state index is 5.54. The summed E-state index contributed by atoms with van der Waals surface area (Å²) < 4.78 is 12.8. The molecule has 0 saturated carbocycles. The zero-order valence-electron chi connectivity index (χ0n) is 14.2. The minimum atomic E-state index is 0.692. The lowest BCUT2D eigenvalue weighted by Gasteiger charge is -2.09. The van der Waals surface area contributed by atoms with Gasteiger partial charge in [0.1, 0.15) is 5.75 Å².